The van der Waals surface area contributed by atoms with Crippen LogP contribution in [0, 0.1) is 0 Å². The summed E-state index contributed by atoms with van der Waals surface area (Å²) in [6.07, 6.45) is 8.64. The third-order valence-corrected chi connectivity index (χ3v) is 2.53. The first kappa shape index (κ1) is 11.1. The largest absolute Gasteiger partial charge is 0.345 e. The molecule has 1 aliphatic heterocycles. The van der Waals surface area contributed by atoms with E-state index >= 15 is 0 Å². The molecule has 1 nitrogen and oxygen atoms in total. The first-order valence-corrected chi connectivity index (χ1v) is 5.54. The smallest absolute Gasteiger partial charge is 0.0597 e. The molecular formula is C13H21N. The first-order valence-electron chi connectivity index (χ1n) is 5.54. The standard InChI is InChI=1S/C13H21N/c1-4-13-9-7-5-6-8-10-14(13)11-12(2)3/h11H,1,5-10H2,2-3H3. The average molecular weight is 191 g/mol. The molecule has 0 bridgehead atoms. The van der Waals surface area contributed by atoms with Gasteiger partial charge in [-0.2, -0.15) is 0 Å². The summed E-state index contributed by atoms with van der Waals surface area (Å²) in [6, 6.07) is 0. The molecule has 1 heteroatoms. The molecule has 0 aromatic rings. The molecule has 0 saturated carbocycles. The lowest BCUT2D eigenvalue weighted by molar-refractivity contribution is 0.393. The van der Waals surface area contributed by atoms with Crippen LogP contribution in [-0.4, -0.2) is 11.4 Å². The lowest BCUT2D eigenvalue weighted by Gasteiger charge is -2.25. The van der Waals surface area contributed by atoms with E-state index < -0.39 is 0 Å². The molecule has 0 radical (unpaired) electrons. The highest BCUT2D eigenvalue weighted by atomic mass is 15.1. The number of likely N-dealkylation sites (tertiary alicyclic amines) is 1. The molecule has 0 N–H and O–H groups in total. The van der Waals surface area contributed by atoms with Gasteiger partial charge >= 0.3 is 0 Å². The van der Waals surface area contributed by atoms with Crippen LogP contribution in [0.2, 0.25) is 0 Å². The van der Waals surface area contributed by atoms with E-state index in [0.717, 1.165) is 13.0 Å². The summed E-state index contributed by atoms with van der Waals surface area (Å²) in [5.74, 6) is 0. The maximum atomic E-state index is 3.78. The summed E-state index contributed by atoms with van der Waals surface area (Å²) >= 11 is 0. The minimum Gasteiger partial charge on any atom is -0.345 e. The minimum atomic E-state index is 1.13. The highest BCUT2D eigenvalue weighted by Crippen LogP contribution is 2.19. The summed E-state index contributed by atoms with van der Waals surface area (Å²) in [6.45, 7) is 9.19. The molecule has 0 unspecified atom stereocenters. The molecule has 0 spiro atoms. The fourth-order valence-electron chi connectivity index (χ4n) is 1.85. The molecule has 1 saturated heterocycles. The van der Waals surface area contributed by atoms with Crippen molar-refractivity contribution in [2.45, 2.75) is 46.0 Å². The number of hydrogen-bond acceptors (Lipinski definition) is 1. The topological polar surface area (TPSA) is 3.24 Å². The Bertz CT molecular complexity index is 252. The monoisotopic (exact) mass is 191 g/mol. The van der Waals surface area contributed by atoms with Gasteiger partial charge in [0.25, 0.3) is 0 Å². The van der Waals surface area contributed by atoms with Gasteiger partial charge in [-0.05, 0) is 33.1 Å². The summed E-state index contributed by atoms with van der Waals surface area (Å²) in [5, 5.41) is 0. The van der Waals surface area contributed by atoms with E-state index in [1.165, 1.54) is 37.0 Å². The fourth-order valence-corrected chi connectivity index (χ4v) is 1.85. The van der Waals surface area contributed by atoms with Crippen LogP contribution in [0.15, 0.2) is 29.8 Å². The Labute approximate surface area is 87.8 Å². The van der Waals surface area contributed by atoms with E-state index in [1.807, 2.05) is 0 Å². The Morgan fingerprint density at radius 2 is 2.00 bits per heavy atom. The van der Waals surface area contributed by atoms with Crippen LogP contribution in [0.25, 0.3) is 0 Å². The predicted octanol–water partition coefficient (Wildman–Crippen LogP) is 3.85. The molecule has 0 atom stereocenters. The van der Waals surface area contributed by atoms with E-state index in [0.29, 0.717) is 0 Å². The molecular weight excluding hydrogens is 170 g/mol. The summed E-state index contributed by atoms with van der Waals surface area (Å²) in [7, 11) is 0. The van der Waals surface area contributed by atoms with Gasteiger partial charge in [-0.1, -0.05) is 25.0 Å². The van der Waals surface area contributed by atoms with Gasteiger partial charge in [0.05, 0.1) is 5.70 Å². The van der Waals surface area contributed by atoms with Gasteiger partial charge in [-0.15, -0.1) is 5.73 Å². The average Bonchev–Trinajstić information content (AvgIpc) is 2.10. The van der Waals surface area contributed by atoms with Crippen LogP contribution in [-0.2, 0) is 0 Å². The zero-order valence-electron chi connectivity index (χ0n) is 9.47. The molecule has 0 amide bonds. The first-order chi connectivity index (χ1) is 6.74. The zero-order valence-corrected chi connectivity index (χ0v) is 9.47. The molecule has 1 rings (SSSR count). The van der Waals surface area contributed by atoms with Crippen molar-refractivity contribution < 1.29 is 0 Å². The van der Waals surface area contributed by atoms with Gasteiger partial charge in [0.15, 0.2) is 0 Å². The SMILES string of the molecule is C=C=C1CCCCCCN1C=C(C)C. The van der Waals surface area contributed by atoms with Crippen molar-refractivity contribution in [2.75, 3.05) is 6.54 Å². The van der Waals surface area contributed by atoms with E-state index in [1.54, 1.807) is 0 Å². The highest BCUT2D eigenvalue weighted by molar-refractivity contribution is 5.07. The molecule has 1 fully saturated rings. The van der Waals surface area contributed by atoms with E-state index in [9.17, 15) is 0 Å². The summed E-state index contributed by atoms with van der Waals surface area (Å²) in [5.41, 5.74) is 5.69. The zero-order chi connectivity index (χ0) is 10.4. The van der Waals surface area contributed by atoms with E-state index in [4.69, 9.17) is 0 Å². The highest BCUT2D eigenvalue weighted by Gasteiger charge is 2.09. The van der Waals surface area contributed by atoms with Crippen LogP contribution in [0.1, 0.15) is 46.0 Å². The summed E-state index contributed by atoms with van der Waals surface area (Å²) < 4.78 is 0. The second kappa shape index (κ2) is 5.72. The maximum Gasteiger partial charge on any atom is 0.0597 e. The maximum absolute atomic E-state index is 3.78. The minimum absolute atomic E-state index is 1.13. The Kier molecular flexibility index (Phi) is 4.55. The van der Waals surface area contributed by atoms with Gasteiger partial charge in [0.2, 0.25) is 0 Å². The van der Waals surface area contributed by atoms with Crippen molar-refractivity contribution >= 4 is 0 Å². The van der Waals surface area contributed by atoms with Crippen molar-refractivity contribution in [3.05, 3.63) is 29.8 Å². The Morgan fingerprint density at radius 3 is 2.64 bits per heavy atom. The number of allylic oxidation sites excluding steroid dienone is 2. The number of rotatable bonds is 1. The normalized spacial score (nSPS) is 18.1. The predicted molar refractivity (Wildman–Crippen MR) is 61.9 cm³/mol. The van der Waals surface area contributed by atoms with Crippen LogP contribution in [0.3, 0.4) is 0 Å². The molecule has 0 aliphatic carbocycles. The van der Waals surface area contributed by atoms with E-state index in [2.05, 4.69) is 37.3 Å². The van der Waals surface area contributed by atoms with Crippen molar-refractivity contribution in [1.29, 1.82) is 0 Å². The molecule has 14 heavy (non-hydrogen) atoms. The van der Waals surface area contributed by atoms with Crippen LogP contribution < -0.4 is 0 Å². The Hall–Kier alpha value is -0.940. The number of hydrogen-bond donors (Lipinski definition) is 0. The molecule has 1 heterocycles. The van der Waals surface area contributed by atoms with Gasteiger partial charge in [-0.25, -0.2) is 0 Å². The second-order valence-corrected chi connectivity index (χ2v) is 4.19. The van der Waals surface area contributed by atoms with Gasteiger partial charge < -0.3 is 4.90 Å². The lowest BCUT2D eigenvalue weighted by Crippen LogP contribution is -2.19. The number of nitrogens with zero attached hydrogens (tertiary/aromatic N) is 1. The van der Waals surface area contributed by atoms with Gasteiger partial charge in [0, 0.05) is 12.7 Å². The third kappa shape index (κ3) is 3.43. The lowest BCUT2D eigenvalue weighted by atomic mass is 10.1. The van der Waals surface area contributed by atoms with Crippen molar-refractivity contribution in [3.63, 3.8) is 0 Å². The quantitative estimate of drug-likeness (QED) is 0.569. The van der Waals surface area contributed by atoms with Crippen molar-refractivity contribution in [1.82, 2.24) is 4.90 Å². The van der Waals surface area contributed by atoms with Crippen LogP contribution >= 0.6 is 0 Å². The van der Waals surface area contributed by atoms with Gasteiger partial charge in [0.1, 0.15) is 0 Å². The van der Waals surface area contributed by atoms with E-state index in [-0.39, 0.29) is 0 Å². The fraction of sp³-hybridized carbons (Fsp3) is 0.615. The molecule has 0 aromatic heterocycles. The summed E-state index contributed by atoms with van der Waals surface area (Å²) in [4.78, 5) is 2.32. The Morgan fingerprint density at radius 1 is 1.29 bits per heavy atom. The van der Waals surface area contributed by atoms with Gasteiger partial charge in [-0.3, -0.25) is 0 Å². The second-order valence-electron chi connectivity index (χ2n) is 4.19. The molecule has 0 aromatic carbocycles. The Balaban J connectivity index is 2.74. The molecule has 1 aliphatic rings. The van der Waals surface area contributed by atoms with Crippen molar-refractivity contribution in [2.24, 2.45) is 0 Å². The van der Waals surface area contributed by atoms with Crippen LogP contribution in [0.5, 0.6) is 0 Å². The van der Waals surface area contributed by atoms with Crippen LogP contribution in [0.4, 0.5) is 0 Å². The third-order valence-electron chi connectivity index (χ3n) is 2.53. The van der Waals surface area contributed by atoms with Crippen molar-refractivity contribution in [3.8, 4) is 0 Å². The molecule has 78 valence electrons.